The Morgan fingerprint density at radius 3 is 2.20 bits per heavy atom. The summed E-state index contributed by atoms with van der Waals surface area (Å²) in [5.74, 6) is 0.471. The summed E-state index contributed by atoms with van der Waals surface area (Å²) in [4.78, 5) is 24.7. The topological polar surface area (TPSA) is 46.2 Å². The number of unbranched alkanes of at least 4 members (excludes halogenated alkanes) is 1. The van der Waals surface area contributed by atoms with E-state index in [0.29, 0.717) is 24.3 Å². The minimum atomic E-state index is -0.190. The third-order valence-electron chi connectivity index (χ3n) is 3.62. The Kier molecular flexibility index (Phi) is 5.97. The lowest BCUT2D eigenvalue weighted by Gasteiger charge is -2.30. The molecule has 1 saturated carbocycles. The molecule has 3 nitrogen and oxygen atoms in total. The van der Waals surface area contributed by atoms with Crippen LogP contribution in [0.15, 0.2) is 11.3 Å². The number of hydrogen-bond acceptors (Lipinski definition) is 3. The van der Waals surface area contributed by atoms with Gasteiger partial charge < -0.3 is 5.32 Å². The zero-order chi connectivity index (χ0) is 15.3. The van der Waals surface area contributed by atoms with Crippen LogP contribution in [0.25, 0.3) is 0 Å². The van der Waals surface area contributed by atoms with E-state index >= 15 is 0 Å². The largest absolute Gasteiger partial charge is 0.388 e. The van der Waals surface area contributed by atoms with Crippen LogP contribution in [0.2, 0.25) is 0 Å². The maximum atomic E-state index is 12.4. The van der Waals surface area contributed by atoms with Gasteiger partial charge in [0.05, 0.1) is 5.57 Å². The number of carbonyl (C=O) groups excluding carboxylic acids is 2. The van der Waals surface area contributed by atoms with E-state index in [0.717, 1.165) is 31.5 Å². The average molecular weight is 279 g/mol. The molecule has 114 valence electrons. The van der Waals surface area contributed by atoms with Crippen molar-refractivity contribution in [2.45, 2.75) is 66.7 Å². The van der Waals surface area contributed by atoms with E-state index in [1.165, 1.54) is 0 Å². The van der Waals surface area contributed by atoms with Gasteiger partial charge in [-0.15, -0.1) is 0 Å². The second-order valence-corrected chi connectivity index (χ2v) is 7.10. The van der Waals surface area contributed by atoms with Gasteiger partial charge in [-0.2, -0.15) is 0 Å². The molecule has 1 aliphatic rings. The summed E-state index contributed by atoms with van der Waals surface area (Å²) in [6.07, 6.45) is 3.89. The fraction of sp³-hybridized carbons (Fsp3) is 0.765. The Balaban J connectivity index is 2.99. The number of ketones is 2. The molecule has 1 N–H and O–H groups in total. The van der Waals surface area contributed by atoms with E-state index in [-0.39, 0.29) is 17.0 Å². The third kappa shape index (κ3) is 4.77. The first-order chi connectivity index (χ1) is 9.26. The van der Waals surface area contributed by atoms with E-state index in [9.17, 15) is 9.59 Å². The number of carbonyl (C=O) groups is 2. The maximum Gasteiger partial charge on any atom is 0.168 e. The molecule has 3 heteroatoms. The van der Waals surface area contributed by atoms with E-state index in [4.69, 9.17) is 0 Å². The van der Waals surface area contributed by atoms with Crippen LogP contribution in [-0.2, 0) is 9.59 Å². The van der Waals surface area contributed by atoms with E-state index in [1.807, 2.05) is 13.8 Å². The molecular formula is C17H29NO2. The van der Waals surface area contributed by atoms with Crippen LogP contribution in [0.1, 0.15) is 66.7 Å². The van der Waals surface area contributed by atoms with Crippen molar-refractivity contribution in [3.05, 3.63) is 11.3 Å². The quantitative estimate of drug-likeness (QED) is 0.459. The highest BCUT2D eigenvalue weighted by atomic mass is 16.2. The molecule has 0 unspecified atom stereocenters. The SMILES string of the molecule is CCCCNC(CC(C)C)=C1C(=O)CC(C)(C)CC1=O. The van der Waals surface area contributed by atoms with Crippen LogP contribution in [0.5, 0.6) is 0 Å². The number of hydrogen-bond donors (Lipinski definition) is 1. The molecule has 0 atom stereocenters. The normalized spacial score (nSPS) is 18.6. The Labute approximate surface area is 123 Å². The minimum Gasteiger partial charge on any atom is -0.388 e. The molecule has 0 spiro atoms. The summed E-state index contributed by atoms with van der Waals surface area (Å²) in [5.41, 5.74) is 1.14. The van der Waals surface area contributed by atoms with Gasteiger partial charge >= 0.3 is 0 Å². The Bertz CT molecular complexity index is 383. The smallest absolute Gasteiger partial charge is 0.168 e. The minimum absolute atomic E-state index is 0.0194. The van der Waals surface area contributed by atoms with Gasteiger partial charge in [-0.25, -0.2) is 0 Å². The van der Waals surface area contributed by atoms with Crippen molar-refractivity contribution >= 4 is 11.6 Å². The molecular weight excluding hydrogens is 250 g/mol. The molecule has 0 aromatic heterocycles. The highest BCUT2D eigenvalue weighted by Crippen LogP contribution is 2.35. The average Bonchev–Trinajstić information content (AvgIpc) is 2.25. The predicted molar refractivity (Wildman–Crippen MR) is 82.4 cm³/mol. The van der Waals surface area contributed by atoms with E-state index in [2.05, 4.69) is 26.1 Å². The van der Waals surface area contributed by atoms with Gasteiger partial charge in [0.1, 0.15) is 0 Å². The second-order valence-electron chi connectivity index (χ2n) is 7.10. The van der Waals surface area contributed by atoms with Gasteiger partial charge in [0.15, 0.2) is 11.6 Å². The van der Waals surface area contributed by atoms with Crippen molar-refractivity contribution in [2.75, 3.05) is 6.54 Å². The number of allylic oxidation sites excluding steroid dienone is 2. The molecule has 0 saturated heterocycles. The fourth-order valence-corrected chi connectivity index (χ4v) is 2.69. The van der Waals surface area contributed by atoms with E-state index in [1.54, 1.807) is 0 Å². The van der Waals surface area contributed by atoms with Crippen LogP contribution >= 0.6 is 0 Å². The molecule has 20 heavy (non-hydrogen) atoms. The van der Waals surface area contributed by atoms with Gasteiger partial charge in [0.25, 0.3) is 0 Å². The Morgan fingerprint density at radius 1 is 1.20 bits per heavy atom. The van der Waals surface area contributed by atoms with Gasteiger partial charge in [-0.05, 0) is 24.2 Å². The third-order valence-corrected chi connectivity index (χ3v) is 3.62. The second kappa shape index (κ2) is 7.05. The van der Waals surface area contributed by atoms with Crippen molar-refractivity contribution in [1.29, 1.82) is 0 Å². The monoisotopic (exact) mass is 279 g/mol. The summed E-state index contributed by atoms with van der Waals surface area (Å²) < 4.78 is 0. The Hall–Kier alpha value is -1.12. The number of Topliss-reactive ketones (excluding diaryl/α,β-unsaturated/α-hetero) is 2. The molecule has 0 aliphatic heterocycles. The van der Waals surface area contributed by atoms with Crippen LogP contribution in [0.3, 0.4) is 0 Å². The molecule has 1 aliphatic carbocycles. The first kappa shape index (κ1) is 16.9. The summed E-state index contributed by atoms with van der Waals surface area (Å²) in [6, 6.07) is 0. The number of rotatable bonds is 6. The van der Waals surface area contributed by atoms with Crippen molar-refractivity contribution in [3.8, 4) is 0 Å². The first-order valence-electron chi connectivity index (χ1n) is 7.80. The van der Waals surface area contributed by atoms with Crippen LogP contribution in [0, 0.1) is 11.3 Å². The highest BCUT2D eigenvalue weighted by Gasteiger charge is 2.37. The number of nitrogens with one attached hydrogen (secondary N) is 1. The predicted octanol–water partition coefficient (Wildman–Crippen LogP) is 3.63. The summed E-state index contributed by atoms with van der Waals surface area (Å²) in [7, 11) is 0. The summed E-state index contributed by atoms with van der Waals surface area (Å²) in [5, 5.41) is 3.35. The van der Waals surface area contributed by atoms with Crippen LogP contribution in [-0.4, -0.2) is 18.1 Å². The van der Waals surface area contributed by atoms with Gasteiger partial charge in [0, 0.05) is 25.1 Å². The zero-order valence-electron chi connectivity index (χ0n) is 13.6. The van der Waals surface area contributed by atoms with Crippen molar-refractivity contribution < 1.29 is 9.59 Å². The lowest BCUT2D eigenvalue weighted by atomic mass is 9.73. The summed E-state index contributed by atoms with van der Waals surface area (Å²) >= 11 is 0. The first-order valence-corrected chi connectivity index (χ1v) is 7.80. The van der Waals surface area contributed by atoms with Crippen LogP contribution in [0.4, 0.5) is 0 Å². The standard InChI is InChI=1S/C17H29NO2/c1-6-7-8-18-13(9-12(2)3)16-14(19)10-17(4,5)11-15(16)20/h12,18H,6-11H2,1-5H3. The van der Waals surface area contributed by atoms with Crippen LogP contribution < -0.4 is 5.32 Å². The van der Waals surface area contributed by atoms with Gasteiger partial charge in [-0.3, -0.25) is 9.59 Å². The Morgan fingerprint density at radius 2 is 1.75 bits per heavy atom. The molecule has 0 heterocycles. The molecule has 0 aromatic carbocycles. The van der Waals surface area contributed by atoms with Gasteiger partial charge in [0.2, 0.25) is 0 Å². The lowest BCUT2D eigenvalue weighted by molar-refractivity contribution is -0.127. The highest BCUT2D eigenvalue weighted by molar-refractivity contribution is 6.22. The zero-order valence-corrected chi connectivity index (χ0v) is 13.6. The molecule has 1 rings (SSSR count). The lowest BCUT2D eigenvalue weighted by Crippen LogP contribution is -2.34. The van der Waals surface area contributed by atoms with Gasteiger partial charge in [-0.1, -0.05) is 41.0 Å². The van der Waals surface area contributed by atoms with Crippen molar-refractivity contribution in [3.63, 3.8) is 0 Å². The molecule has 0 amide bonds. The van der Waals surface area contributed by atoms with Crippen molar-refractivity contribution in [1.82, 2.24) is 5.32 Å². The van der Waals surface area contributed by atoms with Crippen molar-refractivity contribution in [2.24, 2.45) is 11.3 Å². The maximum absolute atomic E-state index is 12.4. The molecule has 0 aromatic rings. The molecule has 0 bridgehead atoms. The molecule has 0 radical (unpaired) electrons. The molecule has 1 fully saturated rings. The fourth-order valence-electron chi connectivity index (χ4n) is 2.69. The van der Waals surface area contributed by atoms with E-state index < -0.39 is 0 Å². The summed E-state index contributed by atoms with van der Waals surface area (Å²) in [6.45, 7) is 11.2.